The van der Waals surface area contributed by atoms with Crippen LogP contribution in [-0.2, 0) is 6.54 Å². The van der Waals surface area contributed by atoms with Crippen LogP contribution in [0.15, 0.2) is 18.3 Å². The highest BCUT2D eigenvalue weighted by molar-refractivity contribution is 7.05. The van der Waals surface area contributed by atoms with Crippen molar-refractivity contribution in [2.75, 3.05) is 5.32 Å². The van der Waals surface area contributed by atoms with Gasteiger partial charge < -0.3 is 5.32 Å². The predicted octanol–water partition coefficient (Wildman–Crippen LogP) is 2.51. The van der Waals surface area contributed by atoms with Gasteiger partial charge in [0, 0.05) is 11.9 Å². The lowest BCUT2D eigenvalue weighted by molar-refractivity contribution is 1.05. The minimum absolute atomic E-state index is 0.485. The Kier molecular flexibility index (Phi) is 3.13. The zero-order valence-corrected chi connectivity index (χ0v) is 9.64. The van der Waals surface area contributed by atoms with Gasteiger partial charge in [0.2, 0.25) is 0 Å². The molecule has 2 aromatic rings. The Hall–Kier alpha value is -1.20. The van der Waals surface area contributed by atoms with Crippen molar-refractivity contribution in [2.45, 2.75) is 13.5 Å². The van der Waals surface area contributed by atoms with Gasteiger partial charge in [0.25, 0.3) is 0 Å². The van der Waals surface area contributed by atoms with Crippen LogP contribution in [0.4, 0.5) is 5.69 Å². The van der Waals surface area contributed by atoms with Crippen molar-refractivity contribution in [3.8, 4) is 0 Å². The van der Waals surface area contributed by atoms with Gasteiger partial charge in [-0.2, -0.15) is 0 Å². The van der Waals surface area contributed by atoms with Gasteiger partial charge in [0.15, 0.2) is 0 Å². The molecule has 0 atom stereocenters. The molecule has 2 rings (SSSR count). The van der Waals surface area contributed by atoms with E-state index in [4.69, 9.17) is 11.6 Å². The molecule has 0 aromatic carbocycles. The number of hydrogen-bond acceptors (Lipinski definition) is 5. The minimum Gasteiger partial charge on any atom is -0.380 e. The van der Waals surface area contributed by atoms with Crippen LogP contribution >= 0.6 is 23.1 Å². The number of nitrogens with one attached hydrogen (secondary N) is 1. The van der Waals surface area contributed by atoms with Crippen molar-refractivity contribution in [2.24, 2.45) is 0 Å². The van der Waals surface area contributed by atoms with Crippen molar-refractivity contribution >= 4 is 28.8 Å². The molecule has 0 aliphatic heterocycles. The lowest BCUT2D eigenvalue weighted by atomic mass is 10.3. The van der Waals surface area contributed by atoms with Gasteiger partial charge >= 0.3 is 0 Å². The number of rotatable bonds is 3. The summed E-state index contributed by atoms with van der Waals surface area (Å²) in [6.45, 7) is 2.66. The average molecular weight is 241 g/mol. The SMILES string of the molecule is Cc1nnsc1CNc1ccnc(Cl)c1. The fraction of sp³-hybridized carbons (Fsp3) is 0.222. The van der Waals surface area contributed by atoms with E-state index >= 15 is 0 Å². The predicted molar refractivity (Wildman–Crippen MR) is 61.2 cm³/mol. The van der Waals surface area contributed by atoms with Crippen LogP contribution in [0, 0.1) is 6.92 Å². The van der Waals surface area contributed by atoms with E-state index in [2.05, 4.69) is 19.9 Å². The minimum atomic E-state index is 0.485. The molecule has 0 saturated carbocycles. The molecule has 2 aromatic heterocycles. The molecule has 0 aliphatic carbocycles. The topological polar surface area (TPSA) is 50.7 Å². The Morgan fingerprint density at radius 1 is 1.53 bits per heavy atom. The van der Waals surface area contributed by atoms with Crippen LogP contribution in [-0.4, -0.2) is 14.6 Å². The van der Waals surface area contributed by atoms with E-state index in [1.54, 1.807) is 12.3 Å². The van der Waals surface area contributed by atoms with Crippen molar-refractivity contribution in [1.29, 1.82) is 0 Å². The molecule has 0 unspecified atom stereocenters. The van der Waals surface area contributed by atoms with Crippen LogP contribution in [0.1, 0.15) is 10.6 Å². The van der Waals surface area contributed by atoms with Crippen molar-refractivity contribution in [3.63, 3.8) is 0 Å². The largest absolute Gasteiger partial charge is 0.380 e. The third-order valence-corrected chi connectivity index (χ3v) is 2.96. The first kappa shape index (κ1) is 10.3. The maximum Gasteiger partial charge on any atom is 0.131 e. The summed E-state index contributed by atoms with van der Waals surface area (Å²) in [4.78, 5) is 5.03. The van der Waals surface area contributed by atoms with Crippen LogP contribution in [0.3, 0.4) is 0 Å². The van der Waals surface area contributed by atoms with Gasteiger partial charge in [-0.1, -0.05) is 16.1 Å². The highest BCUT2D eigenvalue weighted by Gasteiger charge is 2.02. The Labute approximate surface area is 96.5 Å². The van der Waals surface area contributed by atoms with E-state index in [1.807, 2.05) is 13.0 Å². The van der Waals surface area contributed by atoms with E-state index in [-0.39, 0.29) is 0 Å². The van der Waals surface area contributed by atoms with Gasteiger partial charge in [-0.25, -0.2) is 4.98 Å². The summed E-state index contributed by atoms with van der Waals surface area (Å²) in [5.74, 6) is 0. The molecule has 0 aliphatic rings. The second-order valence-corrected chi connectivity index (χ2v) is 4.23. The van der Waals surface area contributed by atoms with E-state index in [9.17, 15) is 0 Å². The summed E-state index contributed by atoms with van der Waals surface area (Å²) in [7, 11) is 0. The molecule has 0 fully saturated rings. The normalized spacial score (nSPS) is 10.3. The molecular weight excluding hydrogens is 232 g/mol. The number of halogens is 1. The fourth-order valence-corrected chi connectivity index (χ4v) is 1.85. The number of hydrogen-bond donors (Lipinski definition) is 1. The van der Waals surface area contributed by atoms with Crippen LogP contribution in [0.5, 0.6) is 0 Å². The monoisotopic (exact) mass is 240 g/mol. The first-order chi connectivity index (χ1) is 7.25. The zero-order chi connectivity index (χ0) is 10.7. The number of anilines is 1. The Morgan fingerprint density at radius 3 is 3.07 bits per heavy atom. The lowest BCUT2D eigenvalue weighted by Crippen LogP contribution is -1.99. The molecule has 6 heteroatoms. The number of aromatic nitrogens is 3. The molecule has 0 amide bonds. The van der Waals surface area contributed by atoms with Crippen molar-refractivity contribution in [1.82, 2.24) is 14.6 Å². The number of aryl methyl sites for hydroxylation is 1. The van der Waals surface area contributed by atoms with E-state index in [1.165, 1.54) is 11.5 Å². The molecule has 78 valence electrons. The molecule has 0 radical (unpaired) electrons. The summed E-state index contributed by atoms with van der Waals surface area (Å²) in [5.41, 5.74) is 1.91. The Bertz CT molecular complexity index is 457. The average Bonchev–Trinajstić information content (AvgIpc) is 2.61. The molecule has 0 saturated heterocycles. The van der Waals surface area contributed by atoms with Gasteiger partial charge in [0.1, 0.15) is 5.15 Å². The summed E-state index contributed by atoms with van der Waals surface area (Å²) < 4.78 is 3.86. The maximum absolute atomic E-state index is 5.76. The highest BCUT2D eigenvalue weighted by atomic mass is 35.5. The van der Waals surface area contributed by atoms with Gasteiger partial charge in [0.05, 0.1) is 17.1 Å². The molecular formula is C9H9ClN4S. The van der Waals surface area contributed by atoms with Gasteiger partial charge in [-0.15, -0.1) is 5.10 Å². The van der Waals surface area contributed by atoms with Crippen LogP contribution in [0.2, 0.25) is 5.15 Å². The molecule has 0 spiro atoms. The van der Waals surface area contributed by atoms with Crippen molar-refractivity contribution in [3.05, 3.63) is 34.1 Å². The smallest absolute Gasteiger partial charge is 0.131 e. The summed E-state index contributed by atoms with van der Waals surface area (Å²) >= 11 is 7.16. The van der Waals surface area contributed by atoms with E-state index in [0.717, 1.165) is 16.3 Å². The Balaban J connectivity index is 2.02. The standard InChI is InChI=1S/C9H9ClN4S/c1-6-8(15-14-13-6)5-12-7-2-3-11-9(10)4-7/h2-4H,5H2,1H3,(H,11,12). The summed E-state index contributed by atoms with van der Waals surface area (Å²) in [6.07, 6.45) is 1.67. The first-order valence-corrected chi connectivity index (χ1v) is 5.54. The van der Waals surface area contributed by atoms with Gasteiger partial charge in [-0.05, 0) is 30.6 Å². The number of pyridine rings is 1. The fourth-order valence-electron chi connectivity index (χ4n) is 1.11. The molecule has 2 heterocycles. The molecule has 4 nitrogen and oxygen atoms in total. The first-order valence-electron chi connectivity index (χ1n) is 4.39. The van der Waals surface area contributed by atoms with Crippen molar-refractivity contribution < 1.29 is 0 Å². The third kappa shape index (κ3) is 2.64. The Morgan fingerprint density at radius 2 is 2.40 bits per heavy atom. The van der Waals surface area contributed by atoms with Crippen LogP contribution in [0.25, 0.3) is 0 Å². The molecule has 1 N–H and O–H groups in total. The summed E-state index contributed by atoms with van der Waals surface area (Å²) in [5, 5.41) is 7.66. The van der Waals surface area contributed by atoms with E-state index < -0.39 is 0 Å². The number of nitrogens with zero attached hydrogens (tertiary/aromatic N) is 3. The summed E-state index contributed by atoms with van der Waals surface area (Å²) in [6, 6.07) is 3.65. The molecule has 15 heavy (non-hydrogen) atoms. The lowest BCUT2D eigenvalue weighted by Gasteiger charge is -2.04. The van der Waals surface area contributed by atoms with Crippen LogP contribution < -0.4 is 5.32 Å². The quantitative estimate of drug-likeness (QED) is 0.838. The maximum atomic E-state index is 5.76. The third-order valence-electron chi connectivity index (χ3n) is 1.93. The van der Waals surface area contributed by atoms with E-state index in [0.29, 0.717) is 11.7 Å². The second kappa shape index (κ2) is 4.55. The molecule has 0 bridgehead atoms. The van der Waals surface area contributed by atoms with Gasteiger partial charge in [-0.3, -0.25) is 0 Å². The second-order valence-electron chi connectivity index (χ2n) is 3.00. The highest BCUT2D eigenvalue weighted by Crippen LogP contribution is 2.15. The zero-order valence-electron chi connectivity index (χ0n) is 8.07.